The van der Waals surface area contributed by atoms with Gasteiger partial charge in [-0.05, 0) is 38.8 Å². The van der Waals surface area contributed by atoms with Gasteiger partial charge < -0.3 is 5.32 Å². The summed E-state index contributed by atoms with van der Waals surface area (Å²) >= 11 is 5.91. The average molecular weight is 274 g/mol. The minimum absolute atomic E-state index is 0.360. The van der Waals surface area contributed by atoms with Crippen LogP contribution in [0.3, 0.4) is 0 Å². The number of piperidine rings is 1. The number of aromatic nitrogens is 2. The Bertz CT molecular complexity index is 421. The van der Waals surface area contributed by atoms with Crippen LogP contribution in [0.5, 0.6) is 0 Å². The second-order valence-electron chi connectivity index (χ2n) is 4.33. The number of hydrogen-bond acceptors (Lipinski definition) is 4. The summed E-state index contributed by atoms with van der Waals surface area (Å²) < 4.78 is 12.1. The van der Waals surface area contributed by atoms with E-state index >= 15 is 0 Å². The maximum Gasteiger partial charge on any atom is 0.219 e. The minimum atomic E-state index is -1.13. The van der Waals surface area contributed by atoms with Gasteiger partial charge in [0.25, 0.3) is 0 Å². The van der Waals surface area contributed by atoms with E-state index in [1.54, 1.807) is 6.20 Å². The Morgan fingerprint density at radius 3 is 2.88 bits per heavy atom. The summed E-state index contributed by atoms with van der Waals surface area (Å²) in [5.74, 6) is 1.14. The van der Waals surface area contributed by atoms with Crippen molar-refractivity contribution in [2.24, 2.45) is 5.92 Å². The van der Waals surface area contributed by atoms with E-state index in [-0.39, 0.29) is 0 Å². The van der Waals surface area contributed by atoms with Crippen LogP contribution in [0.15, 0.2) is 11.4 Å². The zero-order chi connectivity index (χ0) is 12.3. The van der Waals surface area contributed by atoms with Crippen LogP contribution in [0.25, 0.3) is 0 Å². The molecule has 0 spiro atoms. The molecule has 6 heteroatoms. The maximum absolute atomic E-state index is 12.1. The number of aryl methyl sites for hydroxylation is 1. The van der Waals surface area contributed by atoms with Crippen LogP contribution in [0.2, 0.25) is 5.15 Å². The predicted molar refractivity (Wildman–Crippen MR) is 68.6 cm³/mol. The lowest BCUT2D eigenvalue weighted by molar-refractivity contribution is 0.405. The van der Waals surface area contributed by atoms with Crippen molar-refractivity contribution in [3.05, 3.63) is 16.9 Å². The van der Waals surface area contributed by atoms with Crippen molar-refractivity contribution in [1.29, 1.82) is 0 Å². The van der Waals surface area contributed by atoms with Crippen molar-refractivity contribution in [3.8, 4) is 0 Å². The van der Waals surface area contributed by atoms with Gasteiger partial charge in [-0.25, -0.2) is 9.97 Å². The normalized spacial score (nSPS) is 19.2. The molecule has 17 heavy (non-hydrogen) atoms. The van der Waals surface area contributed by atoms with Gasteiger partial charge in [0.15, 0.2) is 0 Å². The first-order valence-corrected chi connectivity index (χ1v) is 7.44. The van der Waals surface area contributed by atoms with Gasteiger partial charge in [-0.2, -0.15) is 0 Å². The lowest BCUT2D eigenvalue weighted by Gasteiger charge is -2.21. The van der Waals surface area contributed by atoms with E-state index in [0.29, 0.717) is 22.0 Å². The molecular weight excluding hydrogens is 258 g/mol. The molecule has 4 nitrogen and oxygen atoms in total. The van der Waals surface area contributed by atoms with Crippen molar-refractivity contribution >= 4 is 22.4 Å². The van der Waals surface area contributed by atoms with Crippen molar-refractivity contribution in [2.45, 2.75) is 24.9 Å². The molecule has 0 bridgehead atoms. The van der Waals surface area contributed by atoms with E-state index in [0.717, 1.165) is 31.5 Å². The summed E-state index contributed by atoms with van der Waals surface area (Å²) in [6, 6.07) is 0. The smallest absolute Gasteiger partial charge is 0.219 e. The van der Waals surface area contributed by atoms with Gasteiger partial charge >= 0.3 is 0 Å². The second kappa shape index (κ2) is 5.89. The molecule has 0 saturated carbocycles. The minimum Gasteiger partial charge on any atom is -0.317 e. The Morgan fingerprint density at radius 1 is 1.53 bits per heavy atom. The van der Waals surface area contributed by atoms with E-state index < -0.39 is 10.8 Å². The van der Waals surface area contributed by atoms with Crippen LogP contribution in [0.1, 0.15) is 18.4 Å². The topological polar surface area (TPSA) is 54.9 Å². The second-order valence-corrected chi connectivity index (χ2v) is 6.08. The molecule has 94 valence electrons. The highest BCUT2D eigenvalue weighted by molar-refractivity contribution is 7.84. The van der Waals surface area contributed by atoms with Crippen molar-refractivity contribution in [2.75, 3.05) is 18.8 Å². The highest BCUT2D eigenvalue weighted by atomic mass is 35.5. The first-order chi connectivity index (χ1) is 8.16. The standard InChI is InChI=1S/C11H16ClN3OS/c1-8-6-14-11(15-10(8)12)17(16)7-9-2-4-13-5-3-9/h6,9,13H,2-5,7H2,1H3/t17-/m0/s1. The fourth-order valence-corrected chi connectivity index (χ4v) is 3.31. The molecule has 0 unspecified atom stereocenters. The Hall–Kier alpha value is -0.520. The third-order valence-corrected chi connectivity index (χ3v) is 4.70. The summed E-state index contributed by atoms with van der Waals surface area (Å²) in [6.07, 6.45) is 3.78. The van der Waals surface area contributed by atoms with E-state index in [1.807, 2.05) is 6.92 Å². The molecule has 2 heterocycles. The molecule has 1 atom stereocenters. The zero-order valence-corrected chi connectivity index (χ0v) is 11.4. The number of nitrogens with zero attached hydrogens (tertiary/aromatic N) is 2. The summed E-state index contributed by atoms with van der Waals surface area (Å²) in [5, 5.41) is 4.05. The largest absolute Gasteiger partial charge is 0.317 e. The van der Waals surface area contributed by atoms with Crippen LogP contribution < -0.4 is 5.32 Å². The SMILES string of the molecule is Cc1cnc([S@@](=O)CC2CCNCC2)nc1Cl. The third-order valence-electron chi connectivity index (χ3n) is 2.94. The Morgan fingerprint density at radius 2 is 2.24 bits per heavy atom. The quantitative estimate of drug-likeness (QED) is 0.671. The number of rotatable bonds is 3. The first kappa shape index (κ1) is 12.9. The fourth-order valence-electron chi connectivity index (χ4n) is 1.85. The van der Waals surface area contributed by atoms with Crippen LogP contribution in [0, 0.1) is 12.8 Å². The summed E-state index contributed by atoms with van der Waals surface area (Å²) in [4.78, 5) is 8.17. The predicted octanol–water partition coefficient (Wildman–Crippen LogP) is 1.55. The number of nitrogens with one attached hydrogen (secondary N) is 1. The van der Waals surface area contributed by atoms with Gasteiger partial charge in [0.2, 0.25) is 5.16 Å². The Labute approximate surface area is 109 Å². The summed E-state index contributed by atoms with van der Waals surface area (Å²) in [7, 11) is -1.13. The van der Waals surface area contributed by atoms with Gasteiger partial charge in [-0.3, -0.25) is 4.21 Å². The number of hydrogen-bond donors (Lipinski definition) is 1. The van der Waals surface area contributed by atoms with Crippen molar-refractivity contribution < 1.29 is 4.21 Å². The summed E-state index contributed by atoms with van der Waals surface area (Å²) in [6.45, 7) is 3.86. The molecule has 1 fully saturated rings. The lowest BCUT2D eigenvalue weighted by atomic mass is 10.0. The van der Waals surface area contributed by atoms with E-state index in [9.17, 15) is 4.21 Å². The van der Waals surface area contributed by atoms with Crippen LogP contribution in [-0.2, 0) is 10.8 Å². The molecule has 1 aromatic rings. The first-order valence-electron chi connectivity index (χ1n) is 5.75. The maximum atomic E-state index is 12.1. The third kappa shape index (κ3) is 3.47. The molecule has 0 amide bonds. The van der Waals surface area contributed by atoms with Crippen LogP contribution in [0.4, 0.5) is 0 Å². The van der Waals surface area contributed by atoms with Gasteiger partial charge in [0, 0.05) is 17.5 Å². The van der Waals surface area contributed by atoms with E-state index in [2.05, 4.69) is 15.3 Å². The van der Waals surface area contributed by atoms with Crippen molar-refractivity contribution in [1.82, 2.24) is 15.3 Å². The van der Waals surface area contributed by atoms with Gasteiger partial charge in [-0.15, -0.1) is 0 Å². The molecule has 0 aromatic carbocycles. The zero-order valence-electron chi connectivity index (χ0n) is 9.78. The molecule has 1 aliphatic heterocycles. The average Bonchev–Trinajstić information content (AvgIpc) is 2.34. The molecule has 0 aliphatic carbocycles. The highest BCUT2D eigenvalue weighted by Gasteiger charge is 2.18. The molecule has 1 aromatic heterocycles. The molecular formula is C11H16ClN3OS. The Balaban J connectivity index is 2.01. The van der Waals surface area contributed by atoms with Gasteiger partial charge in [0.05, 0.1) is 10.8 Å². The molecule has 2 rings (SSSR count). The van der Waals surface area contributed by atoms with Crippen LogP contribution in [-0.4, -0.2) is 33.0 Å². The monoisotopic (exact) mass is 273 g/mol. The molecule has 1 N–H and O–H groups in total. The molecule has 1 saturated heterocycles. The van der Waals surface area contributed by atoms with Gasteiger partial charge in [0.1, 0.15) is 5.15 Å². The summed E-state index contributed by atoms with van der Waals surface area (Å²) in [5.41, 5.74) is 0.814. The number of halogens is 1. The highest BCUT2D eigenvalue weighted by Crippen LogP contribution is 2.17. The van der Waals surface area contributed by atoms with Gasteiger partial charge in [-0.1, -0.05) is 11.6 Å². The van der Waals surface area contributed by atoms with E-state index in [1.165, 1.54) is 0 Å². The van der Waals surface area contributed by atoms with E-state index in [4.69, 9.17) is 11.6 Å². The fraction of sp³-hybridized carbons (Fsp3) is 0.636. The van der Waals surface area contributed by atoms with Crippen LogP contribution >= 0.6 is 11.6 Å². The molecule has 0 radical (unpaired) electrons. The molecule has 1 aliphatic rings. The lowest BCUT2D eigenvalue weighted by Crippen LogP contribution is -2.30. The van der Waals surface area contributed by atoms with Crippen molar-refractivity contribution in [3.63, 3.8) is 0 Å². The Kier molecular flexibility index (Phi) is 4.48.